The molecule has 0 saturated carbocycles. The van der Waals surface area contributed by atoms with Crippen LogP contribution >= 0.6 is 39.1 Å². The predicted molar refractivity (Wildman–Crippen MR) is 68.5 cm³/mol. The third-order valence-electron chi connectivity index (χ3n) is 1.97. The number of hydrogen-bond acceptors (Lipinski definition) is 0. The van der Waals surface area contributed by atoms with Crippen LogP contribution in [0.15, 0.2) is 23.8 Å². The highest BCUT2D eigenvalue weighted by Crippen LogP contribution is 2.27. The number of halogens is 3. The van der Waals surface area contributed by atoms with Crippen molar-refractivity contribution < 1.29 is 0 Å². The molecule has 1 rings (SSSR count). The van der Waals surface area contributed by atoms with Gasteiger partial charge in [-0.3, -0.25) is 0 Å². The number of rotatable bonds is 3. The molecule has 0 spiro atoms. The van der Waals surface area contributed by atoms with E-state index < -0.39 is 0 Å². The number of benzene rings is 1. The molecule has 1 aromatic carbocycles. The SMILES string of the molecule is CCC(=Cc1cccc(Cl)c1Cl)CBr. The normalized spacial score (nSPS) is 11.9. The van der Waals surface area contributed by atoms with Gasteiger partial charge in [-0.2, -0.15) is 0 Å². The van der Waals surface area contributed by atoms with E-state index in [9.17, 15) is 0 Å². The highest BCUT2D eigenvalue weighted by molar-refractivity contribution is 9.09. The lowest BCUT2D eigenvalue weighted by molar-refractivity contribution is 1.12. The van der Waals surface area contributed by atoms with E-state index in [4.69, 9.17) is 23.2 Å². The number of allylic oxidation sites excluding steroid dienone is 1. The summed E-state index contributed by atoms with van der Waals surface area (Å²) >= 11 is 15.4. The summed E-state index contributed by atoms with van der Waals surface area (Å²) in [6, 6.07) is 5.66. The third-order valence-corrected chi connectivity index (χ3v) is 3.52. The average Bonchev–Trinajstić information content (AvgIpc) is 2.20. The molecular weight excluding hydrogens is 283 g/mol. The number of alkyl halides is 1. The molecule has 0 N–H and O–H groups in total. The van der Waals surface area contributed by atoms with Gasteiger partial charge in [0.2, 0.25) is 0 Å². The van der Waals surface area contributed by atoms with Crippen LogP contribution in [0, 0.1) is 0 Å². The van der Waals surface area contributed by atoms with Crippen LogP contribution in [-0.4, -0.2) is 5.33 Å². The molecule has 0 aromatic heterocycles. The van der Waals surface area contributed by atoms with E-state index in [2.05, 4.69) is 28.9 Å². The van der Waals surface area contributed by atoms with Crippen LogP contribution in [0.4, 0.5) is 0 Å². The minimum atomic E-state index is 0.602. The summed E-state index contributed by atoms with van der Waals surface area (Å²) in [4.78, 5) is 0. The first-order valence-corrected chi connectivity index (χ1v) is 6.26. The van der Waals surface area contributed by atoms with Gasteiger partial charge in [-0.1, -0.05) is 69.8 Å². The van der Waals surface area contributed by atoms with E-state index in [0.29, 0.717) is 10.0 Å². The highest BCUT2D eigenvalue weighted by atomic mass is 79.9. The Balaban J connectivity index is 3.07. The maximum atomic E-state index is 6.06. The lowest BCUT2D eigenvalue weighted by Crippen LogP contribution is -1.83. The molecular formula is C11H11BrCl2. The van der Waals surface area contributed by atoms with Crippen molar-refractivity contribution in [1.82, 2.24) is 0 Å². The Kier molecular flexibility index (Phi) is 5.00. The van der Waals surface area contributed by atoms with Gasteiger partial charge in [0.1, 0.15) is 0 Å². The zero-order chi connectivity index (χ0) is 10.6. The largest absolute Gasteiger partial charge is 0.0880 e. The summed E-state index contributed by atoms with van der Waals surface area (Å²) in [5.41, 5.74) is 2.28. The van der Waals surface area contributed by atoms with Crippen LogP contribution in [0.25, 0.3) is 6.08 Å². The van der Waals surface area contributed by atoms with E-state index in [-0.39, 0.29) is 0 Å². The molecule has 0 aliphatic heterocycles. The van der Waals surface area contributed by atoms with Crippen molar-refractivity contribution in [3.63, 3.8) is 0 Å². The third kappa shape index (κ3) is 3.01. The fraction of sp³-hybridized carbons (Fsp3) is 0.273. The van der Waals surface area contributed by atoms with Gasteiger partial charge >= 0.3 is 0 Å². The Morgan fingerprint density at radius 1 is 1.43 bits per heavy atom. The Bertz CT molecular complexity index is 339. The van der Waals surface area contributed by atoms with Crippen LogP contribution in [0.2, 0.25) is 10.0 Å². The molecule has 0 aliphatic rings. The summed E-state index contributed by atoms with van der Waals surface area (Å²) in [6.45, 7) is 2.12. The van der Waals surface area contributed by atoms with Gasteiger partial charge in [0.15, 0.2) is 0 Å². The predicted octanol–water partition coefficient (Wildman–Crippen LogP) is 5.18. The molecule has 0 fully saturated rings. The zero-order valence-electron chi connectivity index (χ0n) is 7.86. The standard InChI is InChI=1S/C11H11BrCl2/c1-2-8(7-12)6-9-4-3-5-10(13)11(9)14/h3-6H,2,7H2,1H3. The first-order chi connectivity index (χ1) is 6.69. The topological polar surface area (TPSA) is 0 Å². The summed E-state index contributed by atoms with van der Waals surface area (Å²) < 4.78 is 0. The Labute approximate surface area is 103 Å². The molecule has 0 atom stereocenters. The Morgan fingerprint density at radius 3 is 2.71 bits per heavy atom. The smallest absolute Gasteiger partial charge is 0.0664 e. The molecule has 0 saturated heterocycles. The van der Waals surface area contributed by atoms with Crippen molar-refractivity contribution in [2.75, 3.05) is 5.33 Å². The second kappa shape index (κ2) is 5.79. The van der Waals surface area contributed by atoms with Crippen molar-refractivity contribution in [3.05, 3.63) is 39.4 Å². The van der Waals surface area contributed by atoms with Crippen LogP contribution in [-0.2, 0) is 0 Å². The van der Waals surface area contributed by atoms with Crippen molar-refractivity contribution in [3.8, 4) is 0 Å². The lowest BCUT2D eigenvalue weighted by atomic mass is 10.1. The second-order valence-electron chi connectivity index (χ2n) is 2.93. The minimum absolute atomic E-state index is 0.602. The molecule has 0 amide bonds. The van der Waals surface area contributed by atoms with Crippen LogP contribution < -0.4 is 0 Å². The van der Waals surface area contributed by atoms with E-state index in [1.807, 2.05) is 12.1 Å². The van der Waals surface area contributed by atoms with Crippen LogP contribution in [0.5, 0.6) is 0 Å². The van der Waals surface area contributed by atoms with Crippen molar-refractivity contribution in [2.24, 2.45) is 0 Å². The molecule has 0 unspecified atom stereocenters. The maximum absolute atomic E-state index is 6.06. The molecule has 1 aromatic rings. The molecule has 3 heteroatoms. The Hall–Kier alpha value is 0.0200. The first-order valence-electron chi connectivity index (χ1n) is 4.38. The van der Waals surface area contributed by atoms with E-state index in [1.54, 1.807) is 6.07 Å². The van der Waals surface area contributed by atoms with Crippen molar-refractivity contribution in [1.29, 1.82) is 0 Å². The molecule has 0 nitrogen and oxygen atoms in total. The van der Waals surface area contributed by atoms with Gasteiger partial charge in [0.05, 0.1) is 10.0 Å². The molecule has 0 heterocycles. The molecule has 0 radical (unpaired) electrons. The van der Waals surface area contributed by atoms with Gasteiger partial charge in [-0.25, -0.2) is 0 Å². The molecule has 0 bridgehead atoms. The van der Waals surface area contributed by atoms with Gasteiger partial charge < -0.3 is 0 Å². The average molecular weight is 294 g/mol. The lowest BCUT2D eigenvalue weighted by Gasteiger charge is -2.03. The van der Waals surface area contributed by atoms with Crippen LogP contribution in [0.1, 0.15) is 18.9 Å². The van der Waals surface area contributed by atoms with E-state index in [0.717, 1.165) is 17.3 Å². The van der Waals surface area contributed by atoms with Gasteiger partial charge in [-0.05, 0) is 18.1 Å². The monoisotopic (exact) mass is 292 g/mol. The Morgan fingerprint density at radius 2 is 2.14 bits per heavy atom. The minimum Gasteiger partial charge on any atom is -0.0880 e. The van der Waals surface area contributed by atoms with E-state index in [1.165, 1.54) is 5.57 Å². The summed E-state index contributed by atoms with van der Waals surface area (Å²) in [7, 11) is 0. The molecule has 76 valence electrons. The summed E-state index contributed by atoms with van der Waals surface area (Å²) in [6.07, 6.45) is 3.08. The molecule has 0 aliphatic carbocycles. The van der Waals surface area contributed by atoms with E-state index >= 15 is 0 Å². The van der Waals surface area contributed by atoms with Crippen molar-refractivity contribution >= 4 is 45.2 Å². The zero-order valence-corrected chi connectivity index (χ0v) is 11.0. The van der Waals surface area contributed by atoms with Gasteiger partial charge in [-0.15, -0.1) is 0 Å². The highest BCUT2D eigenvalue weighted by Gasteiger charge is 2.02. The molecule has 14 heavy (non-hydrogen) atoms. The fourth-order valence-electron chi connectivity index (χ4n) is 1.09. The summed E-state index contributed by atoms with van der Waals surface area (Å²) in [5.74, 6) is 0. The quantitative estimate of drug-likeness (QED) is 0.674. The second-order valence-corrected chi connectivity index (χ2v) is 4.28. The first kappa shape index (κ1) is 12.1. The maximum Gasteiger partial charge on any atom is 0.0664 e. The fourth-order valence-corrected chi connectivity index (χ4v) is 2.01. The van der Waals surface area contributed by atoms with Gasteiger partial charge in [0, 0.05) is 5.33 Å². The van der Waals surface area contributed by atoms with Gasteiger partial charge in [0.25, 0.3) is 0 Å². The van der Waals surface area contributed by atoms with Crippen LogP contribution in [0.3, 0.4) is 0 Å². The number of hydrogen-bond donors (Lipinski definition) is 0. The van der Waals surface area contributed by atoms with Crippen molar-refractivity contribution in [2.45, 2.75) is 13.3 Å². The summed E-state index contributed by atoms with van der Waals surface area (Å²) in [5, 5.41) is 2.10.